The van der Waals surface area contributed by atoms with Crippen LogP contribution in [-0.2, 0) is 0 Å². The van der Waals surface area contributed by atoms with E-state index in [1.165, 1.54) is 12.4 Å². The first-order chi connectivity index (χ1) is 13.2. The fraction of sp³-hybridized carbons (Fsp3) is 0.158. The summed E-state index contributed by atoms with van der Waals surface area (Å²) in [7, 11) is 0. The lowest BCUT2D eigenvalue weighted by Gasteiger charge is -2.12. The number of anilines is 2. The molecule has 0 unspecified atom stereocenters. The van der Waals surface area contributed by atoms with E-state index in [1.807, 2.05) is 24.3 Å². The Hall–Kier alpha value is -3.55. The Balaban J connectivity index is 1.73. The summed E-state index contributed by atoms with van der Waals surface area (Å²) >= 11 is 0. The molecule has 27 heavy (non-hydrogen) atoms. The first-order valence-corrected chi connectivity index (χ1v) is 8.47. The normalized spacial score (nSPS) is 12.2. The number of nitrogens with zero attached hydrogens (tertiary/aromatic N) is 4. The molecule has 0 saturated carbocycles. The van der Waals surface area contributed by atoms with E-state index in [-0.39, 0.29) is 11.5 Å². The van der Waals surface area contributed by atoms with Crippen LogP contribution in [0.5, 0.6) is 0 Å². The number of halogens is 1. The number of hydrogen-bond acceptors (Lipinski definition) is 5. The van der Waals surface area contributed by atoms with E-state index in [0.29, 0.717) is 28.4 Å². The lowest BCUT2D eigenvalue weighted by atomic mass is 10.1. The van der Waals surface area contributed by atoms with E-state index in [1.54, 1.807) is 29.8 Å². The Morgan fingerprint density at radius 2 is 2.07 bits per heavy atom. The summed E-state index contributed by atoms with van der Waals surface area (Å²) in [6, 6.07) is 12.0. The molecule has 1 aromatic carbocycles. The van der Waals surface area contributed by atoms with Crippen molar-refractivity contribution in [3.8, 4) is 11.5 Å². The number of nitrogens with one attached hydrogen (secondary N) is 2. The average molecular weight is 364 g/mol. The molecule has 8 heteroatoms. The van der Waals surface area contributed by atoms with Crippen molar-refractivity contribution in [3.63, 3.8) is 0 Å². The van der Waals surface area contributed by atoms with E-state index >= 15 is 0 Å². The van der Waals surface area contributed by atoms with Crippen LogP contribution < -0.4 is 10.7 Å². The van der Waals surface area contributed by atoms with Crippen molar-refractivity contribution in [2.24, 2.45) is 0 Å². The Morgan fingerprint density at radius 3 is 2.93 bits per heavy atom. The molecule has 1 atom stereocenters. The van der Waals surface area contributed by atoms with Crippen LogP contribution in [0.25, 0.3) is 22.4 Å². The van der Waals surface area contributed by atoms with E-state index in [0.717, 1.165) is 5.52 Å². The van der Waals surface area contributed by atoms with Crippen molar-refractivity contribution in [3.05, 3.63) is 65.2 Å². The third kappa shape index (κ3) is 3.17. The summed E-state index contributed by atoms with van der Waals surface area (Å²) in [5.74, 6) is 1.03. The highest BCUT2D eigenvalue weighted by molar-refractivity contribution is 5.92. The van der Waals surface area contributed by atoms with Gasteiger partial charge in [0.2, 0.25) is 0 Å². The van der Waals surface area contributed by atoms with Crippen molar-refractivity contribution < 1.29 is 4.39 Å². The topological polar surface area (TPSA) is 88.5 Å². The molecule has 7 nitrogen and oxygen atoms in total. The quantitative estimate of drug-likeness (QED) is 0.566. The molecule has 3 aromatic heterocycles. The second kappa shape index (κ2) is 6.99. The molecule has 0 saturated heterocycles. The second-order valence-corrected chi connectivity index (χ2v) is 6.17. The minimum absolute atomic E-state index is 0.0838. The lowest BCUT2D eigenvalue weighted by molar-refractivity contribution is 0.378. The highest BCUT2D eigenvalue weighted by atomic mass is 19.1. The van der Waals surface area contributed by atoms with Gasteiger partial charge >= 0.3 is 0 Å². The van der Waals surface area contributed by atoms with Gasteiger partial charge in [0.1, 0.15) is 24.5 Å². The minimum Gasteiger partial charge on any atom is -0.361 e. The zero-order chi connectivity index (χ0) is 18.8. The number of pyridine rings is 2. The Kier molecular flexibility index (Phi) is 4.37. The predicted molar refractivity (Wildman–Crippen MR) is 102 cm³/mol. The van der Waals surface area contributed by atoms with Gasteiger partial charge in [0, 0.05) is 12.3 Å². The van der Waals surface area contributed by atoms with Crippen molar-refractivity contribution in [1.29, 1.82) is 0 Å². The Labute approximate surface area is 153 Å². The van der Waals surface area contributed by atoms with Gasteiger partial charge in [-0.25, -0.2) is 9.37 Å². The first-order valence-electron chi connectivity index (χ1n) is 8.47. The van der Waals surface area contributed by atoms with E-state index in [4.69, 9.17) is 0 Å². The lowest BCUT2D eigenvalue weighted by Crippen LogP contribution is -2.09. The fourth-order valence-corrected chi connectivity index (χ4v) is 2.92. The zero-order valence-corrected chi connectivity index (χ0v) is 14.6. The second-order valence-electron chi connectivity index (χ2n) is 6.17. The number of alkyl halides is 1. The van der Waals surface area contributed by atoms with Crippen molar-refractivity contribution >= 4 is 22.4 Å². The Bertz CT molecular complexity index is 1150. The molecular weight excluding hydrogens is 347 g/mol. The molecule has 2 N–H and O–H groups in total. The molecule has 3 heterocycles. The number of rotatable bonds is 5. The van der Waals surface area contributed by atoms with Crippen LogP contribution in [0.2, 0.25) is 0 Å². The van der Waals surface area contributed by atoms with Gasteiger partial charge in [-0.15, -0.1) is 10.2 Å². The maximum absolute atomic E-state index is 13.1. The van der Waals surface area contributed by atoms with Crippen LogP contribution in [0.4, 0.5) is 15.9 Å². The summed E-state index contributed by atoms with van der Waals surface area (Å²) in [4.78, 5) is 19.9. The van der Waals surface area contributed by atoms with Crippen LogP contribution in [0.15, 0.2) is 59.8 Å². The standard InChI is InChI=1S/C19H17FN6O/c1-12(10-20)26-11-22-25-19(26)15-6-3-7-17(24-15)23-14-5-2-4-13-18(14)16(27)8-9-21-13/h2-9,11-12H,10H2,1H3,(H,21,27)(H,23,24)/t12-/m0/s1. The third-order valence-corrected chi connectivity index (χ3v) is 4.30. The maximum atomic E-state index is 13.1. The van der Waals surface area contributed by atoms with Gasteiger partial charge in [-0.05, 0) is 31.2 Å². The van der Waals surface area contributed by atoms with E-state index in [2.05, 4.69) is 25.5 Å². The average Bonchev–Trinajstić information content (AvgIpc) is 3.18. The van der Waals surface area contributed by atoms with Crippen LogP contribution >= 0.6 is 0 Å². The molecule has 0 aliphatic carbocycles. The van der Waals surface area contributed by atoms with Gasteiger partial charge < -0.3 is 14.9 Å². The zero-order valence-electron chi connectivity index (χ0n) is 14.6. The van der Waals surface area contributed by atoms with Gasteiger partial charge in [0.05, 0.1) is 22.6 Å². The van der Waals surface area contributed by atoms with Crippen molar-refractivity contribution in [2.45, 2.75) is 13.0 Å². The molecule has 136 valence electrons. The number of hydrogen-bond donors (Lipinski definition) is 2. The summed E-state index contributed by atoms with van der Waals surface area (Å²) in [5.41, 5.74) is 1.87. The SMILES string of the molecule is C[C@@H](CF)n1cnnc1-c1cccc(Nc2cccc3[nH]ccc(=O)c23)n1. The maximum Gasteiger partial charge on any atom is 0.191 e. The molecule has 0 amide bonds. The summed E-state index contributed by atoms with van der Waals surface area (Å²) in [5, 5.41) is 11.7. The monoisotopic (exact) mass is 364 g/mol. The van der Waals surface area contributed by atoms with Crippen LogP contribution in [-0.4, -0.2) is 31.4 Å². The minimum atomic E-state index is -0.526. The van der Waals surface area contributed by atoms with Crippen LogP contribution in [0.1, 0.15) is 13.0 Å². The number of fused-ring (bicyclic) bond motifs is 1. The molecule has 0 bridgehead atoms. The van der Waals surface area contributed by atoms with Crippen molar-refractivity contribution in [2.75, 3.05) is 12.0 Å². The molecule has 0 fully saturated rings. The summed E-state index contributed by atoms with van der Waals surface area (Å²) < 4.78 is 14.7. The van der Waals surface area contributed by atoms with Crippen molar-refractivity contribution in [1.82, 2.24) is 24.7 Å². The summed E-state index contributed by atoms with van der Waals surface area (Å²) in [6.07, 6.45) is 3.11. The predicted octanol–water partition coefficient (Wildman–Crippen LogP) is 3.46. The van der Waals surface area contributed by atoms with Crippen LogP contribution in [0.3, 0.4) is 0 Å². The van der Waals surface area contributed by atoms with Gasteiger partial charge in [-0.2, -0.15) is 0 Å². The molecule has 0 aliphatic rings. The van der Waals surface area contributed by atoms with Gasteiger partial charge in [0.25, 0.3) is 0 Å². The highest BCUT2D eigenvalue weighted by Gasteiger charge is 2.14. The molecule has 0 aliphatic heterocycles. The first kappa shape index (κ1) is 16.9. The summed E-state index contributed by atoms with van der Waals surface area (Å²) in [6.45, 7) is 1.22. The molecule has 4 rings (SSSR count). The third-order valence-electron chi connectivity index (χ3n) is 4.30. The van der Waals surface area contributed by atoms with E-state index < -0.39 is 6.67 Å². The smallest absolute Gasteiger partial charge is 0.191 e. The fourth-order valence-electron chi connectivity index (χ4n) is 2.92. The van der Waals surface area contributed by atoms with Crippen LogP contribution in [0, 0.1) is 0 Å². The molecule has 0 spiro atoms. The van der Waals surface area contributed by atoms with Gasteiger partial charge in [-0.3, -0.25) is 4.79 Å². The van der Waals surface area contributed by atoms with Gasteiger partial charge in [0.15, 0.2) is 11.3 Å². The molecular formula is C19H17FN6O. The van der Waals surface area contributed by atoms with Gasteiger partial charge in [-0.1, -0.05) is 12.1 Å². The highest BCUT2D eigenvalue weighted by Crippen LogP contribution is 2.24. The number of aromatic amines is 1. The number of H-pyrrole nitrogens is 1. The largest absolute Gasteiger partial charge is 0.361 e. The Morgan fingerprint density at radius 1 is 1.22 bits per heavy atom. The molecule has 4 aromatic rings. The number of benzene rings is 1. The number of aromatic nitrogens is 5. The van der Waals surface area contributed by atoms with E-state index in [9.17, 15) is 9.18 Å². The molecule has 0 radical (unpaired) electrons.